The molecule has 0 spiro atoms. The fourth-order valence-corrected chi connectivity index (χ4v) is 9.31. The first-order valence-corrected chi connectivity index (χ1v) is 14.9. The summed E-state index contributed by atoms with van der Waals surface area (Å²) in [5, 5.41) is 0. The van der Waals surface area contributed by atoms with Crippen molar-refractivity contribution in [2.45, 2.75) is 130 Å². The van der Waals surface area contributed by atoms with Gasteiger partial charge in [-0.15, -0.1) is 0 Å². The Hall–Kier alpha value is -0.600. The van der Waals surface area contributed by atoms with Gasteiger partial charge in [0.15, 0.2) is 6.29 Å². The SMILES string of the molecule is C/C(=C/CCC(C)C)C1CCC2C3CC=C4CC(OC5CCCCO5)CCC4(C)C3CCC12C. The highest BCUT2D eigenvalue weighted by atomic mass is 16.7. The molecule has 192 valence electrons. The Bertz CT molecular complexity index is 774. The fraction of sp³-hybridized carbons (Fsp3) is 0.875. The van der Waals surface area contributed by atoms with Gasteiger partial charge in [0.2, 0.25) is 0 Å². The maximum Gasteiger partial charge on any atom is 0.157 e. The summed E-state index contributed by atoms with van der Waals surface area (Å²) < 4.78 is 12.4. The van der Waals surface area contributed by atoms with Crippen LogP contribution < -0.4 is 0 Å². The molecule has 5 aliphatic rings. The van der Waals surface area contributed by atoms with Crippen molar-refractivity contribution >= 4 is 0 Å². The Labute approximate surface area is 210 Å². The van der Waals surface area contributed by atoms with E-state index in [2.05, 4.69) is 46.8 Å². The van der Waals surface area contributed by atoms with Crippen LogP contribution in [0.3, 0.4) is 0 Å². The molecule has 0 aromatic carbocycles. The van der Waals surface area contributed by atoms with Crippen LogP contribution in [0.2, 0.25) is 0 Å². The van der Waals surface area contributed by atoms with Crippen LogP contribution in [0, 0.1) is 40.4 Å². The van der Waals surface area contributed by atoms with E-state index in [0.717, 1.165) is 49.0 Å². The molecule has 3 saturated carbocycles. The van der Waals surface area contributed by atoms with E-state index in [1.165, 1.54) is 70.6 Å². The molecule has 0 aromatic heterocycles. The van der Waals surface area contributed by atoms with Crippen molar-refractivity contribution in [3.63, 3.8) is 0 Å². The largest absolute Gasteiger partial charge is 0.353 e. The third-order valence-corrected chi connectivity index (χ3v) is 11.3. The molecular formula is C32H52O2. The summed E-state index contributed by atoms with van der Waals surface area (Å²) in [4.78, 5) is 0. The van der Waals surface area contributed by atoms with Gasteiger partial charge in [-0.2, -0.15) is 0 Å². The third-order valence-electron chi connectivity index (χ3n) is 11.3. The molecule has 8 unspecified atom stereocenters. The van der Waals surface area contributed by atoms with Gasteiger partial charge in [-0.3, -0.25) is 0 Å². The number of allylic oxidation sites excluding steroid dienone is 3. The molecule has 4 fully saturated rings. The first kappa shape index (κ1) is 25.1. The van der Waals surface area contributed by atoms with E-state index < -0.39 is 0 Å². The van der Waals surface area contributed by atoms with E-state index >= 15 is 0 Å². The van der Waals surface area contributed by atoms with Gasteiger partial charge in [-0.05, 0) is 131 Å². The highest BCUT2D eigenvalue weighted by Gasteiger charge is 2.58. The minimum atomic E-state index is 0.0580. The summed E-state index contributed by atoms with van der Waals surface area (Å²) in [7, 11) is 0. The first-order chi connectivity index (χ1) is 16.3. The van der Waals surface area contributed by atoms with Crippen LogP contribution in [-0.2, 0) is 9.47 Å². The van der Waals surface area contributed by atoms with Crippen molar-refractivity contribution < 1.29 is 9.47 Å². The number of fused-ring (bicyclic) bond motifs is 5. The van der Waals surface area contributed by atoms with Crippen LogP contribution in [0.1, 0.15) is 118 Å². The second-order valence-corrected chi connectivity index (χ2v) is 13.7. The molecule has 1 saturated heterocycles. The van der Waals surface area contributed by atoms with Crippen LogP contribution in [0.15, 0.2) is 23.3 Å². The van der Waals surface area contributed by atoms with Crippen molar-refractivity contribution in [2.24, 2.45) is 40.4 Å². The second-order valence-electron chi connectivity index (χ2n) is 13.7. The predicted molar refractivity (Wildman–Crippen MR) is 141 cm³/mol. The lowest BCUT2D eigenvalue weighted by Crippen LogP contribution is -2.50. The number of hydrogen-bond donors (Lipinski definition) is 0. The minimum Gasteiger partial charge on any atom is -0.353 e. The molecular weight excluding hydrogens is 416 g/mol. The molecule has 0 aromatic rings. The molecule has 0 radical (unpaired) electrons. The number of hydrogen-bond acceptors (Lipinski definition) is 2. The Morgan fingerprint density at radius 1 is 1.09 bits per heavy atom. The average molecular weight is 469 g/mol. The summed E-state index contributed by atoms with van der Waals surface area (Å²) in [5.41, 5.74) is 4.39. The van der Waals surface area contributed by atoms with Crippen LogP contribution in [0.5, 0.6) is 0 Å². The van der Waals surface area contributed by atoms with E-state index in [0.29, 0.717) is 16.9 Å². The van der Waals surface area contributed by atoms with Crippen molar-refractivity contribution in [1.82, 2.24) is 0 Å². The Kier molecular flexibility index (Phi) is 7.40. The van der Waals surface area contributed by atoms with Crippen molar-refractivity contribution in [3.05, 3.63) is 23.3 Å². The van der Waals surface area contributed by atoms with E-state index in [-0.39, 0.29) is 6.29 Å². The maximum atomic E-state index is 6.47. The quantitative estimate of drug-likeness (QED) is 0.362. The lowest BCUT2D eigenvalue weighted by molar-refractivity contribution is -0.195. The van der Waals surface area contributed by atoms with E-state index in [4.69, 9.17) is 9.47 Å². The average Bonchev–Trinajstić information content (AvgIpc) is 3.17. The molecule has 5 rings (SSSR count). The highest BCUT2D eigenvalue weighted by molar-refractivity contribution is 5.26. The topological polar surface area (TPSA) is 18.5 Å². The molecule has 0 amide bonds. The van der Waals surface area contributed by atoms with Gasteiger partial charge in [0.05, 0.1) is 6.10 Å². The van der Waals surface area contributed by atoms with Gasteiger partial charge < -0.3 is 9.47 Å². The third kappa shape index (κ3) is 4.60. The molecule has 4 aliphatic carbocycles. The summed E-state index contributed by atoms with van der Waals surface area (Å²) in [6, 6.07) is 0. The van der Waals surface area contributed by atoms with E-state index in [9.17, 15) is 0 Å². The van der Waals surface area contributed by atoms with E-state index in [1.54, 1.807) is 11.1 Å². The second kappa shape index (κ2) is 10.0. The zero-order valence-corrected chi connectivity index (χ0v) is 22.9. The molecule has 34 heavy (non-hydrogen) atoms. The number of ether oxygens (including phenoxy) is 2. The lowest BCUT2D eigenvalue weighted by atomic mass is 9.47. The van der Waals surface area contributed by atoms with Gasteiger partial charge in [0.1, 0.15) is 0 Å². The Balaban J connectivity index is 1.27. The zero-order valence-electron chi connectivity index (χ0n) is 22.9. The summed E-state index contributed by atoms with van der Waals surface area (Å²) in [6.07, 6.45) is 22.7. The van der Waals surface area contributed by atoms with Crippen molar-refractivity contribution in [1.29, 1.82) is 0 Å². The van der Waals surface area contributed by atoms with Crippen LogP contribution in [0.25, 0.3) is 0 Å². The normalized spacial score (nSPS) is 44.9. The smallest absolute Gasteiger partial charge is 0.157 e. The minimum absolute atomic E-state index is 0.0580. The molecule has 1 heterocycles. The predicted octanol–water partition coefficient (Wildman–Crippen LogP) is 8.86. The summed E-state index contributed by atoms with van der Waals surface area (Å²) >= 11 is 0. The molecule has 2 nitrogen and oxygen atoms in total. The standard InChI is InChI=1S/C32H52O2/c1-22(2)9-8-10-23(3)27-14-15-28-26-13-12-24-21-25(34-30-11-6-7-20-33-30)16-18-31(24,4)29(26)17-19-32(27,28)5/h10,12,22,25-30H,6-9,11,13-21H2,1-5H3/b23-10-. The summed E-state index contributed by atoms with van der Waals surface area (Å²) in [6.45, 7) is 13.4. The highest BCUT2D eigenvalue weighted by Crippen LogP contribution is 2.67. The van der Waals surface area contributed by atoms with Gasteiger partial charge in [0, 0.05) is 6.61 Å². The van der Waals surface area contributed by atoms with Gasteiger partial charge in [0.25, 0.3) is 0 Å². The summed E-state index contributed by atoms with van der Waals surface area (Å²) in [5.74, 6) is 4.35. The van der Waals surface area contributed by atoms with Crippen LogP contribution in [0.4, 0.5) is 0 Å². The van der Waals surface area contributed by atoms with Crippen LogP contribution in [-0.4, -0.2) is 19.0 Å². The number of rotatable bonds is 6. The molecule has 2 heteroatoms. The molecule has 1 aliphatic heterocycles. The molecule has 8 atom stereocenters. The first-order valence-electron chi connectivity index (χ1n) is 14.9. The Morgan fingerprint density at radius 2 is 1.94 bits per heavy atom. The maximum absolute atomic E-state index is 6.47. The van der Waals surface area contributed by atoms with Crippen molar-refractivity contribution in [2.75, 3.05) is 6.61 Å². The zero-order chi connectivity index (χ0) is 23.9. The van der Waals surface area contributed by atoms with Crippen molar-refractivity contribution in [3.8, 4) is 0 Å². The molecule has 0 N–H and O–H groups in total. The lowest BCUT2D eigenvalue weighted by Gasteiger charge is -2.58. The fourth-order valence-electron chi connectivity index (χ4n) is 9.31. The van der Waals surface area contributed by atoms with Crippen LogP contribution >= 0.6 is 0 Å². The van der Waals surface area contributed by atoms with Gasteiger partial charge in [-0.25, -0.2) is 0 Å². The monoisotopic (exact) mass is 468 g/mol. The van der Waals surface area contributed by atoms with E-state index in [1.807, 2.05) is 0 Å². The Morgan fingerprint density at radius 3 is 2.71 bits per heavy atom. The molecule has 0 bridgehead atoms. The van der Waals surface area contributed by atoms with Gasteiger partial charge >= 0.3 is 0 Å². The van der Waals surface area contributed by atoms with Gasteiger partial charge in [-0.1, -0.05) is 51.0 Å².